The molecule has 0 saturated heterocycles. The summed E-state index contributed by atoms with van der Waals surface area (Å²) in [5.74, 6) is 0.399. The van der Waals surface area contributed by atoms with E-state index in [1.807, 2.05) is 24.3 Å². The lowest BCUT2D eigenvalue weighted by Crippen LogP contribution is -2.00. The molecule has 0 fully saturated rings. The van der Waals surface area contributed by atoms with Crippen LogP contribution in [0.1, 0.15) is 30.9 Å². The Hall–Kier alpha value is -2.41. The smallest absolute Gasteiger partial charge is 0.393 e. The first-order valence-corrected chi connectivity index (χ1v) is 7.76. The highest BCUT2D eigenvalue weighted by molar-refractivity contribution is 7.15. The zero-order chi connectivity index (χ0) is 15.7. The number of fused-ring (bicyclic) bond motifs is 1. The van der Waals surface area contributed by atoms with Gasteiger partial charge < -0.3 is 14.9 Å². The molecule has 7 heteroatoms. The van der Waals surface area contributed by atoms with E-state index < -0.39 is 4.92 Å². The fraction of sp³-hybridized carbons (Fsp3) is 0.267. The SMILES string of the molecule is CC(C)c1ccc(COc2nc3sccn3c2[N+](=O)[O-])cc1. The van der Waals surface area contributed by atoms with Gasteiger partial charge in [0.2, 0.25) is 0 Å². The van der Waals surface area contributed by atoms with Crippen molar-refractivity contribution in [2.45, 2.75) is 26.4 Å². The Kier molecular flexibility index (Phi) is 3.81. The molecule has 1 aromatic carbocycles. The summed E-state index contributed by atoms with van der Waals surface area (Å²) in [6.07, 6.45) is 1.62. The second-order valence-electron chi connectivity index (χ2n) is 5.24. The Balaban J connectivity index is 1.80. The maximum atomic E-state index is 11.2. The van der Waals surface area contributed by atoms with Crippen LogP contribution >= 0.6 is 11.3 Å². The maximum absolute atomic E-state index is 11.2. The molecule has 0 N–H and O–H groups in total. The summed E-state index contributed by atoms with van der Waals surface area (Å²) in [4.78, 5) is 15.5. The van der Waals surface area contributed by atoms with Gasteiger partial charge in [0.1, 0.15) is 12.8 Å². The van der Waals surface area contributed by atoms with Gasteiger partial charge >= 0.3 is 11.7 Å². The quantitative estimate of drug-likeness (QED) is 0.526. The minimum absolute atomic E-state index is 0.0600. The topological polar surface area (TPSA) is 69.7 Å². The van der Waals surface area contributed by atoms with Crippen LogP contribution < -0.4 is 4.74 Å². The van der Waals surface area contributed by atoms with E-state index in [1.54, 1.807) is 11.6 Å². The average molecular weight is 317 g/mol. The van der Waals surface area contributed by atoms with Crippen molar-refractivity contribution in [3.63, 3.8) is 0 Å². The van der Waals surface area contributed by atoms with E-state index in [9.17, 15) is 10.1 Å². The van der Waals surface area contributed by atoms with Crippen LogP contribution in [-0.2, 0) is 6.61 Å². The molecule has 2 aromatic heterocycles. The standard InChI is InChI=1S/C15H15N3O3S/c1-10(2)12-5-3-11(4-6-12)9-21-13-14(18(19)20)17-7-8-22-15(17)16-13/h3-8,10H,9H2,1-2H3. The predicted molar refractivity (Wildman–Crippen MR) is 84.6 cm³/mol. The predicted octanol–water partition coefficient (Wildman–Crippen LogP) is 4.01. The summed E-state index contributed by atoms with van der Waals surface area (Å²) >= 11 is 1.33. The molecule has 0 aliphatic heterocycles. The van der Waals surface area contributed by atoms with E-state index in [0.717, 1.165) is 5.56 Å². The molecule has 2 heterocycles. The van der Waals surface area contributed by atoms with Gasteiger partial charge in [0, 0.05) is 5.38 Å². The molecule has 114 valence electrons. The van der Waals surface area contributed by atoms with E-state index in [1.165, 1.54) is 21.3 Å². The Morgan fingerprint density at radius 2 is 2.09 bits per heavy atom. The molecular formula is C15H15N3O3S. The van der Waals surface area contributed by atoms with Crippen molar-refractivity contribution in [1.29, 1.82) is 0 Å². The van der Waals surface area contributed by atoms with Crippen molar-refractivity contribution in [2.24, 2.45) is 0 Å². The van der Waals surface area contributed by atoms with Gasteiger partial charge in [-0.2, -0.15) is 9.38 Å². The molecule has 6 nitrogen and oxygen atoms in total. The lowest BCUT2D eigenvalue weighted by molar-refractivity contribution is -0.391. The number of rotatable bonds is 5. The van der Waals surface area contributed by atoms with Crippen LogP contribution in [0.3, 0.4) is 0 Å². The minimum Gasteiger partial charge on any atom is -0.467 e. The molecular weight excluding hydrogens is 302 g/mol. The molecule has 0 spiro atoms. The summed E-state index contributed by atoms with van der Waals surface area (Å²) in [5.41, 5.74) is 2.20. The number of hydrogen-bond acceptors (Lipinski definition) is 5. The first-order valence-electron chi connectivity index (χ1n) is 6.88. The average Bonchev–Trinajstić information content (AvgIpc) is 3.05. The Bertz CT molecular complexity index is 805. The molecule has 0 aliphatic rings. The summed E-state index contributed by atoms with van der Waals surface area (Å²) in [6, 6.07) is 8.03. The van der Waals surface area contributed by atoms with Gasteiger partial charge in [-0.25, -0.2) is 0 Å². The van der Waals surface area contributed by atoms with Gasteiger partial charge in [0.05, 0.1) is 0 Å². The van der Waals surface area contributed by atoms with Gasteiger partial charge in [-0.15, -0.1) is 0 Å². The first kappa shape index (κ1) is 14.5. The highest BCUT2D eigenvalue weighted by Gasteiger charge is 2.25. The van der Waals surface area contributed by atoms with Crippen LogP contribution in [0.25, 0.3) is 4.96 Å². The van der Waals surface area contributed by atoms with E-state index >= 15 is 0 Å². The summed E-state index contributed by atoms with van der Waals surface area (Å²) in [6.45, 7) is 4.52. The molecule has 0 saturated carbocycles. The van der Waals surface area contributed by atoms with E-state index in [2.05, 4.69) is 18.8 Å². The molecule has 0 aliphatic carbocycles. The fourth-order valence-corrected chi connectivity index (χ4v) is 2.87. The molecule has 0 atom stereocenters. The third kappa shape index (κ3) is 2.67. The second kappa shape index (κ2) is 5.76. The van der Waals surface area contributed by atoms with Gasteiger partial charge in [-0.1, -0.05) is 49.4 Å². The molecule has 0 amide bonds. The Morgan fingerprint density at radius 3 is 2.73 bits per heavy atom. The second-order valence-corrected chi connectivity index (χ2v) is 6.11. The normalized spacial score (nSPS) is 11.2. The molecule has 0 radical (unpaired) electrons. The van der Waals surface area contributed by atoms with Crippen LogP contribution in [0.4, 0.5) is 5.82 Å². The number of ether oxygens (including phenoxy) is 1. The number of hydrogen-bond donors (Lipinski definition) is 0. The van der Waals surface area contributed by atoms with Crippen LogP contribution in [0, 0.1) is 10.1 Å². The first-order chi connectivity index (χ1) is 10.6. The summed E-state index contributed by atoms with van der Waals surface area (Å²) in [5, 5.41) is 12.9. The van der Waals surface area contributed by atoms with E-state index in [-0.39, 0.29) is 18.3 Å². The third-order valence-corrected chi connectivity index (χ3v) is 4.16. The van der Waals surface area contributed by atoms with Crippen LogP contribution in [0.5, 0.6) is 5.88 Å². The molecule has 0 bridgehead atoms. The fourth-order valence-electron chi connectivity index (χ4n) is 2.17. The number of aromatic nitrogens is 2. The molecule has 3 rings (SSSR count). The monoisotopic (exact) mass is 317 g/mol. The van der Waals surface area contributed by atoms with Crippen LogP contribution in [0.15, 0.2) is 35.8 Å². The van der Waals surface area contributed by atoms with Gasteiger partial charge in [-0.3, -0.25) is 0 Å². The van der Waals surface area contributed by atoms with Crippen molar-refractivity contribution < 1.29 is 9.66 Å². The van der Waals surface area contributed by atoms with Gasteiger partial charge in [0.15, 0.2) is 0 Å². The number of thiazole rings is 1. The third-order valence-electron chi connectivity index (χ3n) is 3.40. The number of benzene rings is 1. The molecule has 3 aromatic rings. The Morgan fingerprint density at radius 1 is 1.36 bits per heavy atom. The van der Waals surface area contributed by atoms with Crippen LogP contribution in [0.2, 0.25) is 0 Å². The van der Waals surface area contributed by atoms with Crippen molar-refractivity contribution in [1.82, 2.24) is 9.38 Å². The molecule has 22 heavy (non-hydrogen) atoms. The molecule has 0 unspecified atom stereocenters. The van der Waals surface area contributed by atoms with Crippen molar-refractivity contribution >= 4 is 22.1 Å². The minimum atomic E-state index is -0.468. The summed E-state index contributed by atoms with van der Waals surface area (Å²) < 4.78 is 6.99. The van der Waals surface area contributed by atoms with Crippen molar-refractivity contribution in [2.75, 3.05) is 0 Å². The summed E-state index contributed by atoms with van der Waals surface area (Å²) in [7, 11) is 0. The van der Waals surface area contributed by atoms with Gasteiger partial charge in [0.25, 0.3) is 4.96 Å². The largest absolute Gasteiger partial charge is 0.467 e. The lowest BCUT2D eigenvalue weighted by atomic mass is 10.0. The zero-order valence-electron chi connectivity index (χ0n) is 12.2. The Labute approximate surface area is 131 Å². The van der Waals surface area contributed by atoms with Gasteiger partial charge in [-0.05, 0) is 22.0 Å². The zero-order valence-corrected chi connectivity index (χ0v) is 13.0. The number of imidazole rings is 1. The highest BCUT2D eigenvalue weighted by Crippen LogP contribution is 2.30. The lowest BCUT2D eigenvalue weighted by Gasteiger charge is -2.07. The van der Waals surface area contributed by atoms with E-state index in [0.29, 0.717) is 10.9 Å². The number of nitro groups is 1. The number of nitrogens with zero attached hydrogens (tertiary/aromatic N) is 3. The van der Waals surface area contributed by atoms with Crippen LogP contribution in [-0.4, -0.2) is 14.3 Å². The van der Waals surface area contributed by atoms with E-state index in [4.69, 9.17) is 4.74 Å². The maximum Gasteiger partial charge on any atom is 0.393 e. The highest BCUT2D eigenvalue weighted by atomic mass is 32.1. The van der Waals surface area contributed by atoms with Crippen molar-refractivity contribution in [3.05, 3.63) is 57.1 Å². The van der Waals surface area contributed by atoms with Crippen molar-refractivity contribution in [3.8, 4) is 5.88 Å².